The summed E-state index contributed by atoms with van der Waals surface area (Å²) in [6.45, 7) is 3.15. The number of nitrogens with zero attached hydrogens (tertiary/aromatic N) is 1. The van der Waals surface area contributed by atoms with Crippen molar-refractivity contribution in [3.63, 3.8) is 0 Å². The lowest BCUT2D eigenvalue weighted by Crippen LogP contribution is -2.29. The Balaban J connectivity index is 3.85. The molecule has 0 aliphatic carbocycles. The third-order valence-electron chi connectivity index (χ3n) is 1.22. The highest BCUT2D eigenvalue weighted by molar-refractivity contribution is 7.80. The van der Waals surface area contributed by atoms with Crippen LogP contribution in [0.4, 0.5) is 0 Å². The molecule has 0 spiro atoms. The van der Waals surface area contributed by atoms with Crippen molar-refractivity contribution in [3.8, 4) is 0 Å². The van der Waals surface area contributed by atoms with Crippen LogP contribution in [0.15, 0.2) is 0 Å². The normalized spacial score (nSPS) is 12.0. The summed E-state index contributed by atoms with van der Waals surface area (Å²) in [5, 5.41) is 0.340. The van der Waals surface area contributed by atoms with Crippen LogP contribution in [-0.4, -0.2) is 36.1 Å². The number of Topliss-reactive ketones (excluding diaryl/α,β-unsaturated/α-hetero) is 1. The summed E-state index contributed by atoms with van der Waals surface area (Å²) in [6, 6.07) is 0. The Morgan fingerprint density at radius 2 is 2.00 bits per heavy atom. The fraction of sp³-hybridized carbons (Fsp3) is 0.714. The number of rotatable bonds is 2. The first-order valence-electron chi connectivity index (χ1n) is 3.33. The second-order valence-corrected chi connectivity index (χ2v) is 2.88. The molecule has 0 fully saturated rings. The summed E-state index contributed by atoms with van der Waals surface area (Å²) in [5.41, 5.74) is 0. The van der Waals surface area contributed by atoms with E-state index in [1.54, 1.807) is 25.9 Å². The van der Waals surface area contributed by atoms with Gasteiger partial charge < -0.3 is 9.64 Å². The van der Waals surface area contributed by atoms with Gasteiger partial charge in [0, 0.05) is 14.1 Å². The van der Waals surface area contributed by atoms with Crippen LogP contribution in [0.1, 0.15) is 13.8 Å². The van der Waals surface area contributed by atoms with Crippen LogP contribution < -0.4 is 0 Å². The molecule has 0 aromatic carbocycles. The second-order valence-electron chi connectivity index (χ2n) is 2.53. The first kappa shape index (κ1) is 10.4. The Morgan fingerprint density at radius 3 is 2.27 bits per heavy atom. The largest absolute Gasteiger partial charge is 0.460 e. The van der Waals surface area contributed by atoms with Gasteiger partial charge in [0.05, 0.1) is 0 Å². The Hall–Kier alpha value is -0.640. The molecule has 3 nitrogen and oxygen atoms in total. The third kappa shape index (κ3) is 3.93. The smallest absolute Gasteiger partial charge is 0.259 e. The SMILES string of the molecule is CC(=O)C(C)OC(=S)N(C)C. The molecule has 0 aromatic heterocycles. The van der Waals surface area contributed by atoms with Crippen molar-refractivity contribution in [1.29, 1.82) is 0 Å². The molecule has 11 heavy (non-hydrogen) atoms. The minimum absolute atomic E-state index is 0.0193. The number of hydrogen-bond donors (Lipinski definition) is 0. The molecule has 0 N–H and O–H groups in total. The average molecular weight is 175 g/mol. The van der Waals surface area contributed by atoms with Crippen molar-refractivity contribution in [2.45, 2.75) is 20.0 Å². The van der Waals surface area contributed by atoms with E-state index in [4.69, 9.17) is 17.0 Å². The van der Waals surface area contributed by atoms with Gasteiger partial charge in [-0.2, -0.15) is 0 Å². The summed E-state index contributed by atoms with van der Waals surface area (Å²) < 4.78 is 5.08. The van der Waals surface area contributed by atoms with Crippen LogP contribution in [0.3, 0.4) is 0 Å². The van der Waals surface area contributed by atoms with Crippen LogP contribution in [-0.2, 0) is 9.53 Å². The quantitative estimate of drug-likeness (QED) is 0.581. The van der Waals surface area contributed by atoms with Gasteiger partial charge in [0.15, 0.2) is 11.9 Å². The maximum atomic E-state index is 10.7. The first-order valence-corrected chi connectivity index (χ1v) is 3.74. The Kier molecular flexibility index (Phi) is 4.03. The molecule has 4 heteroatoms. The molecule has 0 amide bonds. The van der Waals surface area contributed by atoms with E-state index in [-0.39, 0.29) is 5.78 Å². The Morgan fingerprint density at radius 1 is 1.55 bits per heavy atom. The van der Waals surface area contributed by atoms with Crippen LogP contribution in [0.5, 0.6) is 0 Å². The topological polar surface area (TPSA) is 29.5 Å². The van der Waals surface area contributed by atoms with Gasteiger partial charge in [-0.1, -0.05) is 0 Å². The van der Waals surface area contributed by atoms with Gasteiger partial charge in [-0.3, -0.25) is 4.79 Å². The van der Waals surface area contributed by atoms with Crippen molar-refractivity contribution in [2.75, 3.05) is 14.1 Å². The van der Waals surface area contributed by atoms with Gasteiger partial charge in [0.1, 0.15) is 0 Å². The van der Waals surface area contributed by atoms with Crippen molar-refractivity contribution in [2.24, 2.45) is 0 Å². The summed E-state index contributed by atoms with van der Waals surface area (Å²) in [4.78, 5) is 12.3. The molecular formula is C7H13NO2S. The van der Waals surface area contributed by atoms with Crippen molar-refractivity contribution in [3.05, 3.63) is 0 Å². The van der Waals surface area contributed by atoms with Crippen LogP contribution in [0.25, 0.3) is 0 Å². The van der Waals surface area contributed by atoms with E-state index in [0.717, 1.165) is 0 Å². The van der Waals surface area contributed by atoms with Crippen molar-refractivity contribution >= 4 is 23.2 Å². The number of ketones is 1. The van der Waals surface area contributed by atoms with Crippen molar-refractivity contribution in [1.82, 2.24) is 4.90 Å². The first-order chi connectivity index (χ1) is 4.95. The van der Waals surface area contributed by atoms with Gasteiger partial charge >= 0.3 is 0 Å². The van der Waals surface area contributed by atoms with Crippen LogP contribution in [0.2, 0.25) is 0 Å². The number of carbonyl (C=O) groups excluding carboxylic acids is 1. The number of thiocarbonyl (C=S) groups is 1. The van der Waals surface area contributed by atoms with Crippen molar-refractivity contribution < 1.29 is 9.53 Å². The molecule has 1 unspecified atom stereocenters. The zero-order valence-electron chi connectivity index (χ0n) is 7.25. The van der Waals surface area contributed by atoms with Crippen LogP contribution in [0, 0.1) is 0 Å². The molecule has 0 aromatic rings. The van der Waals surface area contributed by atoms with Gasteiger partial charge in [0.2, 0.25) is 0 Å². The van der Waals surface area contributed by atoms with Gasteiger partial charge in [-0.25, -0.2) is 0 Å². The minimum Gasteiger partial charge on any atom is -0.460 e. The lowest BCUT2D eigenvalue weighted by atomic mass is 10.3. The predicted octanol–water partition coefficient (Wildman–Crippen LogP) is 0.827. The highest BCUT2D eigenvalue weighted by atomic mass is 32.1. The highest BCUT2D eigenvalue weighted by Gasteiger charge is 2.11. The average Bonchev–Trinajstić information content (AvgIpc) is 1.87. The van der Waals surface area contributed by atoms with Gasteiger partial charge in [-0.05, 0) is 26.1 Å². The molecule has 64 valence electrons. The fourth-order valence-corrected chi connectivity index (χ4v) is 0.484. The molecule has 0 bridgehead atoms. The summed E-state index contributed by atoms with van der Waals surface area (Å²) in [6.07, 6.45) is -0.440. The molecule has 0 aliphatic heterocycles. The van der Waals surface area contributed by atoms with E-state index < -0.39 is 6.10 Å². The van der Waals surface area contributed by atoms with E-state index in [2.05, 4.69) is 0 Å². The molecule has 0 saturated carbocycles. The minimum atomic E-state index is -0.440. The molecule has 0 aliphatic rings. The summed E-state index contributed by atoms with van der Waals surface area (Å²) >= 11 is 4.82. The van der Waals surface area contributed by atoms with Gasteiger partial charge in [0.25, 0.3) is 5.17 Å². The number of hydrogen-bond acceptors (Lipinski definition) is 3. The van der Waals surface area contributed by atoms with E-state index >= 15 is 0 Å². The van der Waals surface area contributed by atoms with Crippen LogP contribution >= 0.6 is 12.2 Å². The molecule has 0 radical (unpaired) electrons. The maximum Gasteiger partial charge on any atom is 0.259 e. The maximum absolute atomic E-state index is 10.7. The number of ether oxygens (including phenoxy) is 1. The Bertz CT molecular complexity index is 168. The zero-order chi connectivity index (χ0) is 9.02. The monoisotopic (exact) mass is 175 g/mol. The third-order valence-corrected chi connectivity index (χ3v) is 1.68. The predicted molar refractivity (Wildman–Crippen MR) is 47.5 cm³/mol. The van der Waals surface area contributed by atoms with E-state index in [1.807, 2.05) is 0 Å². The zero-order valence-corrected chi connectivity index (χ0v) is 8.07. The lowest BCUT2D eigenvalue weighted by Gasteiger charge is -2.17. The molecule has 0 rings (SSSR count). The molecular weight excluding hydrogens is 162 g/mol. The highest BCUT2D eigenvalue weighted by Crippen LogP contribution is 1.96. The van der Waals surface area contributed by atoms with E-state index in [1.165, 1.54) is 6.92 Å². The molecule has 0 saturated heterocycles. The molecule has 0 heterocycles. The van der Waals surface area contributed by atoms with E-state index in [0.29, 0.717) is 5.17 Å². The summed E-state index contributed by atoms with van der Waals surface area (Å²) in [5.74, 6) is -0.0193. The van der Waals surface area contributed by atoms with E-state index in [9.17, 15) is 4.79 Å². The lowest BCUT2D eigenvalue weighted by molar-refractivity contribution is -0.123. The van der Waals surface area contributed by atoms with Gasteiger partial charge in [-0.15, -0.1) is 0 Å². The number of carbonyl (C=O) groups is 1. The standard InChI is InChI=1S/C7H13NO2S/c1-5(9)6(2)10-7(11)8(3)4/h6H,1-4H3. The second kappa shape index (κ2) is 4.28. The Labute approximate surface area is 72.3 Å². The fourth-order valence-electron chi connectivity index (χ4n) is 0.340. The molecule has 1 atom stereocenters. The summed E-state index contributed by atoms with van der Waals surface area (Å²) in [7, 11) is 3.55.